The third-order valence-electron chi connectivity index (χ3n) is 1.84. The van der Waals surface area contributed by atoms with Gasteiger partial charge in [-0.15, -0.1) is 0 Å². The summed E-state index contributed by atoms with van der Waals surface area (Å²) in [5.74, 6) is 0. The van der Waals surface area contributed by atoms with E-state index in [1.165, 1.54) is 12.1 Å². The Kier molecular flexibility index (Phi) is 4.05. The number of hydrogen-bond donors (Lipinski definition) is 0. The Hall–Kier alpha value is -2.15. The average molecular weight is 201 g/mol. The minimum absolute atomic E-state index is 0.0872. The molecule has 15 heavy (non-hydrogen) atoms. The number of allylic oxidation sites excluding steroid dienone is 1. The quantitative estimate of drug-likeness (QED) is 0.427. The van der Waals surface area contributed by atoms with E-state index in [1.807, 2.05) is 18.2 Å². The lowest BCUT2D eigenvalue weighted by atomic mass is 10.1. The Labute approximate surface area is 87.6 Å². The molecule has 0 amide bonds. The van der Waals surface area contributed by atoms with Crippen LogP contribution in [0, 0.1) is 21.4 Å². The molecule has 1 aromatic carbocycles. The Morgan fingerprint density at radius 2 is 2.07 bits per heavy atom. The largest absolute Gasteiger partial charge is 0.269 e. The highest BCUT2D eigenvalue weighted by molar-refractivity contribution is 5.51. The summed E-state index contributed by atoms with van der Waals surface area (Å²) in [5.41, 5.74) is 0.989. The van der Waals surface area contributed by atoms with Gasteiger partial charge in [0.2, 0.25) is 0 Å². The van der Waals surface area contributed by atoms with Crippen LogP contribution in [0.5, 0.6) is 0 Å². The Bertz CT molecular complexity index is 402. The lowest BCUT2D eigenvalue weighted by Gasteiger charge is -1.93. The molecule has 1 rings (SSSR count). The van der Waals surface area contributed by atoms with Gasteiger partial charge in [0.05, 0.1) is 11.0 Å². The summed E-state index contributed by atoms with van der Waals surface area (Å²) in [4.78, 5) is 9.94. The van der Waals surface area contributed by atoms with Gasteiger partial charge in [0.25, 0.3) is 5.69 Å². The van der Waals surface area contributed by atoms with Crippen molar-refractivity contribution in [3.05, 3.63) is 46.0 Å². The van der Waals surface area contributed by atoms with Gasteiger partial charge in [-0.05, 0) is 24.1 Å². The highest BCUT2D eigenvalue weighted by Crippen LogP contribution is 2.13. The first-order valence-corrected chi connectivity index (χ1v) is 4.52. The first-order chi connectivity index (χ1) is 7.24. The predicted molar refractivity (Wildman–Crippen MR) is 57.0 cm³/mol. The van der Waals surface area contributed by atoms with Crippen molar-refractivity contribution < 1.29 is 4.92 Å². The molecule has 0 aliphatic carbocycles. The summed E-state index contributed by atoms with van der Waals surface area (Å²) in [6.07, 6.45) is 4.92. The molecule has 0 radical (unpaired) electrons. The smallest absolute Gasteiger partial charge is 0.258 e. The summed E-state index contributed by atoms with van der Waals surface area (Å²) in [6.45, 7) is 0. The second kappa shape index (κ2) is 5.55. The molecular weight excluding hydrogens is 191 g/mol. The second-order valence-corrected chi connectivity index (χ2v) is 2.95. The fourth-order valence-electron chi connectivity index (χ4n) is 1.07. The van der Waals surface area contributed by atoms with Crippen molar-refractivity contribution in [2.45, 2.75) is 12.8 Å². The van der Waals surface area contributed by atoms with E-state index < -0.39 is 4.92 Å². The van der Waals surface area contributed by atoms with Crippen LogP contribution in [0.3, 0.4) is 0 Å². The molecule has 0 aliphatic rings. The molecule has 1 aromatic rings. The summed E-state index contributed by atoms with van der Waals surface area (Å²) < 4.78 is 0. The summed E-state index contributed by atoms with van der Waals surface area (Å²) in [6, 6.07) is 8.33. The normalized spacial score (nSPS) is 10.1. The van der Waals surface area contributed by atoms with Gasteiger partial charge in [-0.2, -0.15) is 5.26 Å². The lowest BCUT2D eigenvalue weighted by molar-refractivity contribution is -0.384. The molecule has 0 saturated heterocycles. The van der Waals surface area contributed by atoms with Gasteiger partial charge in [-0.1, -0.05) is 12.2 Å². The van der Waals surface area contributed by atoms with E-state index in [4.69, 9.17) is 5.26 Å². The molecule has 0 heterocycles. The molecule has 0 aliphatic heterocycles. The van der Waals surface area contributed by atoms with E-state index in [-0.39, 0.29) is 5.69 Å². The Morgan fingerprint density at radius 3 is 2.60 bits per heavy atom. The van der Waals surface area contributed by atoms with Crippen LogP contribution in [-0.2, 0) is 0 Å². The number of rotatable bonds is 4. The van der Waals surface area contributed by atoms with Crippen molar-refractivity contribution in [2.24, 2.45) is 0 Å². The standard InChI is InChI=1S/C11H10N2O2/c12-9-3-1-2-4-10-5-7-11(8-6-10)13(14)15/h2,4-8H,1,3H2/b4-2+/i9-1. The number of non-ortho nitro benzene ring substituents is 1. The Morgan fingerprint density at radius 1 is 1.40 bits per heavy atom. The van der Waals surface area contributed by atoms with Crippen molar-refractivity contribution in [1.82, 2.24) is 0 Å². The van der Waals surface area contributed by atoms with Gasteiger partial charge in [0.1, 0.15) is 0 Å². The fourth-order valence-corrected chi connectivity index (χ4v) is 1.07. The fraction of sp³-hybridized carbons (Fsp3) is 0.182. The SMILES string of the molecule is N#[11C]CC/C=C/c1ccc([N+](=O)[O-])cc1. The van der Waals surface area contributed by atoms with Crippen molar-refractivity contribution in [3.63, 3.8) is 0 Å². The van der Waals surface area contributed by atoms with E-state index in [0.717, 1.165) is 5.56 Å². The molecule has 0 aromatic heterocycles. The highest BCUT2D eigenvalue weighted by atomic mass is 16.6. The van der Waals surface area contributed by atoms with Crippen LogP contribution in [0.15, 0.2) is 30.3 Å². The van der Waals surface area contributed by atoms with Gasteiger partial charge in [0, 0.05) is 18.6 Å². The number of nitrogens with zero attached hydrogens (tertiary/aromatic N) is 2. The maximum Gasteiger partial charge on any atom is 0.269 e. The van der Waals surface area contributed by atoms with Crippen LogP contribution in [0.4, 0.5) is 5.69 Å². The molecule has 4 nitrogen and oxygen atoms in total. The number of nitro benzene ring substituents is 1. The zero-order valence-corrected chi connectivity index (χ0v) is 8.09. The van der Waals surface area contributed by atoms with Gasteiger partial charge >= 0.3 is 0 Å². The van der Waals surface area contributed by atoms with E-state index in [0.29, 0.717) is 12.8 Å². The number of hydrogen-bond acceptors (Lipinski definition) is 3. The molecule has 0 atom stereocenters. The molecule has 4 heteroatoms. The zero-order chi connectivity index (χ0) is 11.1. The van der Waals surface area contributed by atoms with Gasteiger partial charge < -0.3 is 0 Å². The van der Waals surface area contributed by atoms with E-state index in [1.54, 1.807) is 12.1 Å². The summed E-state index contributed by atoms with van der Waals surface area (Å²) >= 11 is 0. The molecule has 0 N–H and O–H groups in total. The molecule has 0 fully saturated rings. The van der Waals surface area contributed by atoms with Crippen LogP contribution < -0.4 is 0 Å². The third-order valence-corrected chi connectivity index (χ3v) is 1.84. The van der Waals surface area contributed by atoms with Crippen LogP contribution in [0.2, 0.25) is 0 Å². The molecule has 0 unspecified atom stereocenters. The molecular formula is C11H10N2O2. The first-order valence-electron chi connectivity index (χ1n) is 4.52. The molecule has 76 valence electrons. The minimum Gasteiger partial charge on any atom is -0.258 e. The van der Waals surface area contributed by atoms with E-state index >= 15 is 0 Å². The monoisotopic (exact) mass is 201 g/mol. The zero-order valence-electron chi connectivity index (χ0n) is 8.09. The Balaban J connectivity index is 2.61. The van der Waals surface area contributed by atoms with E-state index in [9.17, 15) is 10.1 Å². The summed E-state index contributed by atoms with van der Waals surface area (Å²) in [5, 5.41) is 18.7. The third kappa shape index (κ3) is 3.61. The topological polar surface area (TPSA) is 66.9 Å². The van der Waals surface area contributed by atoms with Crippen molar-refractivity contribution in [3.8, 4) is 6.07 Å². The maximum atomic E-state index is 10.4. The van der Waals surface area contributed by atoms with Crippen molar-refractivity contribution in [2.75, 3.05) is 0 Å². The van der Waals surface area contributed by atoms with Crippen LogP contribution >= 0.6 is 0 Å². The minimum atomic E-state index is -0.427. The van der Waals surface area contributed by atoms with Crippen molar-refractivity contribution in [1.29, 1.82) is 5.26 Å². The maximum absolute atomic E-state index is 10.4. The number of unbranched alkanes of at least 4 members (excludes halogenated alkanes) is 1. The number of nitriles is 1. The number of nitro groups is 1. The van der Waals surface area contributed by atoms with Gasteiger partial charge in [-0.25, -0.2) is 0 Å². The van der Waals surface area contributed by atoms with Crippen molar-refractivity contribution >= 4 is 11.8 Å². The van der Waals surface area contributed by atoms with Crippen LogP contribution in [0.1, 0.15) is 18.4 Å². The predicted octanol–water partition coefficient (Wildman–Crippen LogP) is 2.91. The van der Waals surface area contributed by atoms with Crippen LogP contribution in [-0.4, -0.2) is 4.92 Å². The average Bonchev–Trinajstić information content (AvgIpc) is 2.25. The van der Waals surface area contributed by atoms with Gasteiger partial charge in [0.15, 0.2) is 0 Å². The first kappa shape index (κ1) is 10.9. The lowest BCUT2D eigenvalue weighted by Crippen LogP contribution is -1.86. The second-order valence-electron chi connectivity index (χ2n) is 2.95. The van der Waals surface area contributed by atoms with Crippen LogP contribution in [0.25, 0.3) is 6.08 Å². The molecule has 0 bridgehead atoms. The molecule has 0 saturated carbocycles. The summed E-state index contributed by atoms with van der Waals surface area (Å²) in [7, 11) is 0. The van der Waals surface area contributed by atoms with Gasteiger partial charge in [-0.3, -0.25) is 10.1 Å². The van der Waals surface area contributed by atoms with E-state index in [2.05, 4.69) is 0 Å². The number of benzene rings is 1. The molecule has 0 spiro atoms. The highest BCUT2D eigenvalue weighted by Gasteiger charge is 2.01.